The molecule has 0 spiro atoms. The van der Waals surface area contributed by atoms with Gasteiger partial charge in [0.05, 0.1) is 0 Å². The Kier molecular flexibility index (Phi) is 4.98. The average molecular weight is 334 g/mol. The SMILES string of the molecule is Cc1ccc(C(=O)N2CC3CNCC3C2)o1.O=C(O)C(F)(F)F. The maximum atomic E-state index is 12.1. The van der Waals surface area contributed by atoms with E-state index in [-0.39, 0.29) is 5.91 Å². The Morgan fingerprint density at radius 1 is 1.26 bits per heavy atom. The van der Waals surface area contributed by atoms with Crippen molar-refractivity contribution < 1.29 is 32.3 Å². The second-order valence-electron chi connectivity index (χ2n) is 5.60. The van der Waals surface area contributed by atoms with Crippen molar-refractivity contribution in [3.8, 4) is 0 Å². The van der Waals surface area contributed by atoms with Crippen molar-refractivity contribution in [3.05, 3.63) is 23.7 Å². The van der Waals surface area contributed by atoms with Gasteiger partial charge < -0.3 is 19.7 Å². The lowest BCUT2D eigenvalue weighted by molar-refractivity contribution is -0.192. The molecule has 0 bridgehead atoms. The third-order valence-electron chi connectivity index (χ3n) is 3.87. The molecule has 0 saturated carbocycles. The molecule has 2 atom stereocenters. The zero-order chi connectivity index (χ0) is 17.2. The summed E-state index contributed by atoms with van der Waals surface area (Å²) in [5.41, 5.74) is 0. The van der Waals surface area contributed by atoms with Crippen LogP contribution in [-0.2, 0) is 4.79 Å². The quantitative estimate of drug-likeness (QED) is 0.813. The number of amides is 1. The van der Waals surface area contributed by atoms with Crippen molar-refractivity contribution in [3.63, 3.8) is 0 Å². The number of hydrogen-bond acceptors (Lipinski definition) is 4. The van der Waals surface area contributed by atoms with Crippen LogP contribution in [0.15, 0.2) is 16.5 Å². The Labute approximate surface area is 130 Å². The third-order valence-corrected chi connectivity index (χ3v) is 3.87. The number of alkyl halides is 3. The second-order valence-corrected chi connectivity index (χ2v) is 5.60. The number of nitrogens with zero attached hydrogens (tertiary/aromatic N) is 1. The summed E-state index contributed by atoms with van der Waals surface area (Å²) in [7, 11) is 0. The van der Waals surface area contributed by atoms with Crippen LogP contribution in [0.4, 0.5) is 13.2 Å². The van der Waals surface area contributed by atoms with Gasteiger partial charge >= 0.3 is 12.1 Å². The molecule has 2 aliphatic rings. The molecule has 9 heteroatoms. The molecule has 128 valence electrons. The van der Waals surface area contributed by atoms with Gasteiger partial charge in [0.2, 0.25) is 0 Å². The summed E-state index contributed by atoms with van der Waals surface area (Å²) in [4.78, 5) is 22.9. The van der Waals surface area contributed by atoms with Crippen molar-refractivity contribution in [1.82, 2.24) is 10.2 Å². The maximum Gasteiger partial charge on any atom is 0.490 e. The number of carboxylic acids is 1. The fourth-order valence-electron chi connectivity index (χ4n) is 2.73. The summed E-state index contributed by atoms with van der Waals surface area (Å²) in [5.74, 6) is -0.162. The normalized spacial score (nSPS) is 23.2. The Morgan fingerprint density at radius 3 is 2.17 bits per heavy atom. The number of aryl methyl sites for hydroxylation is 1. The van der Waals surface area contributed by atoms with E-state index < -0.39 is 12.1 Å². The first kappa shape index (κ1) is 17.3. The number of carbonyl (C=O) groups excluding carboxylic acids is 1. The number of fused-ring (bicyclic) bond motifs is 1. The number of carbonyl (C=O) groups is 2. The van der Waals surface area contributed by atoms with Crippen molar-refractivity contribution in [1.29, 1.82) is 0 Å². The summed E-state index contributed by atoms with van der Waals surface area (Å²) < 4.78 is 37.1. The van der Waals surface area contributed by atoms with Crippen LogP contribution >= 0.6 is 0 Å². The van der Waals surface area contributed by atoms with Crippen molar-refractivity contribution in [2.75, 3.05) is 26.2 Å². The molecule has 2 fully saturated rings. The highest BCUT2D eigenvalue weighted by Gasteiger charge is 2.39. The van der Waals surface area contributed by atoms with E-state index in [0.717, 1.165) is 31.9 Å². The lowest BCUT2D eigenvalue weighted by Crippen LogP contribution is -2.31. The third kappa shape index (κ3) is 4.25. The molecular weight excluding hydrogens is 317 g/mol. The highest BCUT2D eigenvalue weighted by atomic mass is 19.4. The average Bonchev–Trinajstić information content (AvgIpc) is 3.11. The maximum absolute atomic E-state index is 12.1. The number of furan rings is 1. The van der Waals surface area contributed by atoms with Gasteiger partial charge in [0.1, 0.15) is 5.76 Å². The molecule has 2 saturated heterocycles. The number of hydrogen-bond donors (Lipinski definition) is 2. The summed E-state index contributed by atoms with van der Waals surface area (Å²) in [5, 5.41) is 10.5. The van der Waals surface area contributed by atoms with Gasteiger partial charge in [-0.1, -0.05) is 0 Å². The summed E-state index contributed by atoms with van der Waals surface area (Å²) >= 11 is 0. The van der Waals surface area contributed by atoms with Gasteiger partial charge in [-0.25, -0.2) is 4.79 Å². The molecule has 3 heterocycles. The summed E-state index contributed by atoms with van der Waals surface area (Å²) in [6, 6.07) is 3.61. The fraction of sp³-hybridized carbons (Fsp3) is 0.571. The molecule has 0 aliphatic carbocycles. The van der Waals surface area contributed by atoms with E-state index in [1.807, 2.05) is 17.9 Å². The van der Waals surface area contributed by atoms with Crippen LogP contribution in [0.1, 0.15) is 16.3 Å². The van der Waals surface area contributed by atoms with Crippen LogP contribution in [0.5, 0.6) is 0 Å². The largest absolute Gasteiger partial charge is 0.490 e. The molecule has 1 amide bonds. The standard InChI is InChI=1S/C12H16N2O2.C2HF3O2/c1-8-2-3-11(16-8)12(15)14-6-9-4-13-5-10(9)7-14;3-2(4,5)1(6)7/h2-3,9-10,13H,4-7H2,1H3;(H,6,7). The molecule has 0 radical (unpaired) electrons. The Bertz CT molecular complexity index is 573. The molecular formula is C14H17F3N2O4. The predicted octanol–water partition coefficient (Wildman–Crippen LogP) is 1.51. The number of nitrogens with one attached hydrogen (secondary N) is 1. The summed E-state index contributed by atoms with van der Waals surface area (Å²) in [6.07, 6.45) is -5.08. The summed E-state index contributed by atoms with van der Waals surface area (Å²) in [6.45, 7) is 5.70. The minimum atomic E-state index is -5.08. The van der Waals surface area contributed by atoms with E-state index in [1.54, 1.807) is 6.07 Å². The van der Waals surface area contributed by atoms with Gasteiger partial charge in [0.25, 0.3) is 5.91 Å². The van der Waals surface area contributed by atoms with Crippen LogP contribution < -0.4 is 5.32 Å². The molecule has 2 unspecified atom stereocenters. The van der Waals surface area contributed by atoms with Crippen LogP contribution in [0, 0.1) is 18.8 Å². The Hall–Kier alpha value is -2.03. The van der Waals surface area contributed by atoms with Gasteiger partial charge in [-0.2, -0.15) is 13.2 Å². The minimum Gasteiger partial charge on any atom is -0.475 e. The highest BCUT2D eigenvalue weighted by Crippen LogP contribution is 2.27. The lowest BCUT2D eigenvalue weighted by atomic mass is 10.0. The van der Waals surface area contributed by atoms with E-state index >= 15 is 0 Å². The second kappa shape index (κ2) is 6.61. The van der Waals surface area contributed by atoms with Gasteiger partial charge in [-0.15, -0.1) is 0 Å². The molecule has 1 aromatic heterocycles. The molecule has 2 aliphatic heterocycles. The zero-order valence-electron chi connectivity index (χ0n) is 12.4. The fourth-order valence-corrected chi connectivity index (χ4v) is 2.73. The Morgan fingerprint density at radius 2 is 1.78 bits per heavy atom. The number of rotatable bonds is 1. The van der Waals surface area contributed by atoms with Gasteiger partial charge in [-0.3, -0.25) is 4.79 Å². The van der Waals surface area contributed by atoms with Crippen LogP contribution in [0.3, 0.4) is 0 Å². The van der Waals surface area contributed by atoms with Crippen molar-refractivity contribution in [2.45, 2.75) is 13.1 Å². The molecule has 2 N–H and O–H groups in total. The van der Waals surface area contributed by atoms with E-state index in [0.29, 0.717) is 17.6 Å². The first-order valence-electron chi connectivity index (χ1n) is 7.05. The number of halogens is 3. The van der Waals surface area contributed by atoms with E-state index in [9.17, 15) is 18.0 Å². The monoisotopic (exact) mass is 334 g/mol. The Balaban J connectivity index is 0.000000236. The van der Waals surface area contributed by atoms with E-state index in [1.165, 1.54) is 0 Å². The topological polar surface area (TPSA) is 82.8 Å². The molecule has 0 aromatic carbocycles. The molecule has 6 nitrogen and oxygen atoms in total. The number of aliphatic carboxylic acids is 1. The first-order chi connectivity index (χ1) is 10.7. The number of carboxylic acid groups (broad SMARTS) is 1. The molecule has 3 rings (SSSR count). The van der Waals surface area contributed by atoms with E-state index in [2.05, 4.69) is 5.32 Å². The lowest BCUT2D eigenvalue weighted by Gasteiger charge is -2.15. The van der Waals surface area contributed by atoms with Crippen molar-refractivity contribution >= 4 is 11.9 Å². The zero-order valence-corrected chi connectivity index (χ0v) is 12.4. The van der Waals surface area contributed by atoms with Crippen LogP contribution in [0.25, 0.3) is 0 Å². The minimum absolute atomic E-state index is 0.0440. The van der Waals surface area contributed by atoms with Gasteiger partial charge in [-0.05, 0) is 30.9 Å². The predicted molar refractivity (Wildman–Crippen MR) is 72.9 cm³/mol. The molecule has 23 heavy (non-hydrogen) atoms. The first-order valence-corrected chi connectivity index (χ1v) is 7.05. The van der Waals surface area contributed by atoms with Gasteiger partial charge in [0, 0.05) is 26.2 Å². The number of likely N-dealkylation sites (tertiary alicyclic amines) is 1. The smallest absolute Gasteiger partial charge is 0.475 e. The van der Waals surface area contributed by atoms with Crippen LogP contribution in [0.2, 0.25) is 0 Å². The van der Waals surface area contributed by atoms with Crippen molar-refractivity contribution in [2.24, 2.45) is 11.8 Å². The molecule has 1 aromatic rings. The highest BCUT2D eigenvalue weighted by molar-refractivity contribution is 5.91. The van der Waals surface area contributed by atoms with Crippen LogP contribution in [-0.4, -0.2) is 54.2 Å². The van der Waals surface area contributed by atoms with E-state index in [4.69, 9.17) is 14.3 Å². The van der Waals surface area contributed by atoms with Gasteiger partial charge in [0.15, 0.2) is 5.76 Å².